The van der Waals surface area contributed by atoms with Crippen molar-refractivity contribution in [2.45, 2.75) is 59.9 Å². The minimum Gasteiger partial charge on any atom is -0.459 e. The maximum Gasteiger partial charge on any atom is 0.134 e. The second kappa shape index (κ2) is 7.65. The number of benzene rings is 1. The Morgan fingerprint density at radius 3 is 2.62 bits per heavy atom. The molecule has 0 spiro atoms. The standard InChI is InChI=1S/C19H29NO/c1-5-7-15-8-9-18-17(12-15)16(11-14(3)4)19(21-18)13-20-10-6-2/h8-9,12,14,20H,5-7,10-11,13H2,1-4H3. The molecule has 0 fully saturated rings. The van der Waals surface area contributed by atoms with Crippen LogP contribution in [0.2, 0.25) is 0 Å². The van der Waals surface area contributed by atoms with Crippen LogP contribution in [0, 0.1) is 5.92 Å². The fraction of sp³-hybridized carbons (Fsp3) is 0.579. The van der Waals surface area contributed by atoms with Crippen LogP contribution in [0.3, 0.4) is 0 Å². The van der Waals surface area contributed by atoms with Crippen molar-refractivity contribution >= 4 is 11.0 Å². The summed E-state index contributed by atoms with van der Waals surface area (Å²) in [5.41, 5.74) is 3.87. The van der Waals surface area contributed by atoms with Crippen LogP contribution in [-0.4, -0.2) is 6.54 Å². The summed E-state index contributed by atoms with van der Waals surface area (Å²) in [6.45, 7) is 10.9. The third-order valence-electron chi connectivity index (χ3n) is 3.80. The molecule has 2 nitrogen and oxygen atoms in total. The summed E-state index contributed by atoms with van der Waals surface area (Å²) in [5.74, 6) is 1.77. The summed E-state index contributed by atoms with van der Waals surface area (Å²) in [6, 6.07) is 6.69. The highest BCUT2D eigenvalue weighted by atomic mass is 16.3. The number of hydrogen-bond donors (Lipinski definition) is 1. The van der Waals surface area contributed by atoms with Crippen LogP contribution >= 0.6 is 0 Å². The van der Waals surface area contributed by atoms with E-state index in [1.165, 1.54) is 22.9 Å². The second-order valence-electron chi connectivity index (χ2n) is 6.36. The summed E-state index contributed by atoms with van der Waals surface area (Å²) in [6.07, 6.45) is 4.57. The van der Waals surface area contributed by atoms with Crippen LogP contribution in [0.25, 0.3) is 11.0 Å². The van der Waals surface area contributed by atoms with Crippen molar-refractivity contribution in [2.75, 3.05) is 6.54 Å². The van der Waals surface area contributed by atoms with Gasteiger partial charge in [-0.05, 0) is 49.4 Å². The molecule has 21 heavy (non-hydrogen) atoms. The highest BCUT2D eigenvalue weighted by Gasteiger charge is 2.15. The zero-order chi connectivity index (χ0) is 15.2. The molecular formula is C19H29NO. The molecule has 2 heteroatoms. The van der Waals surface area contributed by atoms with Gasteiger partial charge in [0.25, 0.3) is 0 Å². The largest absolute Gasteiger partial charge is 0.459 e. The summed E-state index contributed by atoms with van der Waals surface area (Å²) in [4.78, 5) is 0. The van der Waals surface area contributed by atoms with Crippen LogP contribution in [-0.2, 0) is 19.4 Å². The number of aryl methyl sites for hydroxylation is 1. The average molecular weight is 287 g/mol. The molecule has 0 amide bonds. The normalized spacial score (nSPS) is 11.7. The zero-order valence-corrected chi connectivity index (χ0v) is 14.0. The van der Waals surface area contributed by atoms with E-state index >= 15 is 0 Å². The van der Waals surface area contributed by atoms with E-state index < -0.39 is 0 Å². The molecule has 0 saturated carbocycles. The Labute approximate surface area is 128 Å². The van der Waals surface area contributed by atoms with E-state index in [-0.39, 0.29) is 0 Å². The van der Waals surface area contributed by atoms with Gasteiger partial charge in [0, 0.05) is 10.9 Å². The second-order valence-corrected chi connectivity index (χ2v) is 6.36. The van der Waals surface area contributed by atoms with Crippen LogP contribution in [0.15, 0.2) is 22.6 Å². The minimum atomic E-state index is 0.644. The lowest BCUT2D eigenvalue weighted by molar-refractivity contribution is 0.501. The topological polar surface area (TPSA) is 25.2 Å². The lowest BCUT2D eigenvalue weighted by Gasteiger charge is -2.07. The predicted molar refractivity (Wildman–Crippen MR) is 90.7 cm³/mol. The molecule has 116 valence electrons. The smallest absolute Gasteiger partial charge is 0.134 e. The number of nitrogens with one attached hydrogen (secondary N) is 1. The van der Waals surface area contributed by atoms with E-state index in [2.05, 4.69) is 51.2 Å². The van der Waals surface area contributed by atoms with Gasteiger partial charge >= 0.3 is 0 Å². The molecule has 1 aromatic heterocycles. The Balaban J connectivity index is 2.36. The van der Waals surface area contributed by atoms with E-state index in [1.807, 2.05) is 0 Å². The maximum absolute atomic E-state index is 6.12. The van der Waals surface area contributed by atoms with Gasteiger partial charge in [-0.15, -0.1) is 0 Å². The van der Waals surface area contributed by atoms with Crippen molar-refractivity contribution in [3.8, 4) is 0 Å². The van der Waals surface area contributed by atoms with Crippen LogP contribution in [0.1, 0.15) is 57.4 Å². The molecule has 1 aromatic carbocycles. The quantitative estimate of drug-likeness (QED) is 0.685. The van der Waals surface area contributed by atoms with Crippen molar-refractivity contribution in [1.29, 1.82) is 0 Å². The lowest BCUT2D eigenvalue weighted by atomic mass is 9.98. The number of furan rings is 1. The fourth-order valence-corrected chi connectivity index (χ4v) is 2.84. The fourth-order valence-electron chi connectivity index (χ4n) is 2.84. The molecule has 2 rings (SSSR count). The molecule has 0 unspecified atom stereocenters. The zero-order valence-electron chi connectivity index (χ0n) is 14.0. The summed E-state index contributed by atoms with van der Waals surface area (Å²) < 4.78 is 6.12. The predicted octanol–water partition coefficient (Wildman–Crippen LogP) is 5.08. The summed E-state index contributed by atoms with van der Waals surface area (Å²) >= 11 is 0. The summed E-state index contributed by atoms with van der Waals surface area (Å²) in [5, 5.41) is 4.79. The van der Waals surface area contributed by atoms with Gasteiger partial charge in [0.05, 0.1) is 6.54 Å². The third kappa shape index (κ3) is 4.10. The van der Waals surface area contributed by atoms with E-state index in [1.54, 1.807) is 0 Å². The first-order chi connectivity index (χ1) is 10.2. The van der Waals surface area contributed by atoms with E-state index in [9.17, 15) is 0 Å². The van der Waals surface area contributed by atoms with Crippen LogP contribution in [0.5, 0.6) is 0 Å². The Hall–Kier alpha value is -1.28. The van der Waals surface area contributed by atoms with Gasteiger partial charge in [-0.2, -0.15) is 0 Å². The first kappa shape index (κ1) is 16.1. The van der Waals surface area contributed by atoms with Crippen molar-refractivity contribution < 1.29 is 4.42 Å². The molecule has 0 radical (unpaired) electrons. The van der Waals surface area contributed by atoms with Crippen molar-refractivity contribution in [3.05, 3.63) is 35.1 Å². The Morgan fingerprint density at radius 1 is 1.14 bits per heavy atom. The Kier molecular flexibility index (Phi) is 5.86. The molecule has 0 aliphatic heterocycles. The Bertz CT molecular complexity index is 568. The van der Waals surface area contributed by atoms with Crippen molar-refractivity contribution in [2.24, 2.45) is 5.92 Å². The maximum atomic E-state index is 6.12. The van der Waals surface area contributed by atoms with Gasteiger partial charge in [0.1, 0.15) is 11.3 Å². The molecule has 0 aliphatic rings. The molecule has 1 heterocycles. The summed E-state index contributed by atoms with van der Waals surface area (Å²) in [7, 11) is 0. The van der Waals surface area contributed by atoms with Crippen LogP contribution in [0.4, 0.5) is 0 Å². The minimum absolute atomic E-state index is 0.644. The van der Waals surface area contributed by atoms with Crippen LogP contribution < -0.4 is 5.32 Å². The number of rotatable bonds is 8. The van der Waals surface area contributed by atoms with Gasteiger partial charge < -0.3 is 9.73 Å². The molecule has 0 bridgehead atoms. The highest BCUT2D eigenvalue weighted by molar-refractivity contribution is 5.83. The first-order valence-corrected chi connectivity index (χ1v) is 8.39. The Morgan fingerprint density at radius 2 is 1.95 bits per heavy atom. The molecule has 0 atom stereocenters. The van der Waals surface area contributed by atoms with Crippen molar-refractivity contribution in [3.63, 3.8) is 0 Å². The monoisotopic (exact) mass is 287 g/mol. The molecule has 0 aliphatic carbocycles. The highest BCUT2D eigenvalue weighted by Crippen LogP contribution is 2.29. The van der Waals surface area contributed by atoms with Gasteiger partial charge in [-0.3, -0.25) is 0 Å². The van der Waals surface area contributed by atoms with Crippen molar-refractivity contribution in [1.82, 2.24) is 5.32 Å². The lowest BCUT2D eigenvalue weighted by Crippen LogP contribution is -2.14. The van der Waals surface area contributed by atoms with E-state index in [0.29, 0.717) is 5.92 Å². The van der Waals surface area contributed by atoms with Gasteiger partial charge in [-0.25, -0.2) is 0 Å². The first-order valence-electron chi connectivity index (χ1n) is 8.39. The SMILES string of the molecule is CCCNCc1oc2ccc(CCC)cc2c1CC(C)C. The molecule has 0 saturated heterocycles. The molecular weight excluding hydrogens is 258 g/mol. The number of hydrogen-bond acceptors (Lipinski definition) is 2. The van der Waals surface area contributed by atoms with E-state index in [0.717, 1.165) is 43.7 Å². The van der Waals surface area contributed by atoms with Gasteiger partial charge in [0.15, 0.2) is 0 Å². The third-order valence-corrected chi connectivity index (χ3v) is 3.80. The molecule has 2 aromatic rings. The van der Waals surface area contributed by atoms with Gasteiger partial charge in [-0.1, -0.05) is 40.2 Å². The number of fused-ring (bicyclic) bond motifs is 1. The molecule has 1 N–H and O–H groups in total. The van der Waals surface area contributed by atoms with E-state index in [4.69, 9.17) is 4.42 Å². The van der Waals surface area contributed by atoms with Gasteiger partial charge in [0.2, 0.25) is 0 Å². The average Bonchev–Trinajstić information content (AvgIpc) is 2.77.